The summed E-state index contributed by atoms with van der Waals surface area (Å²) in [6.45, 7) is 22.1. The largest absolute Gasteiger partial charge is 0.448 e. The highest BCUT2D eigenvalue weighted by molar-refractivity contribution is 6.77. The van der Waals surface area contributed by atoms with Crippen molar-refractivity contribution < 1.29 is 14.3 Å². The molecule has 0 spiro atoms. The average molecular weight is 421 g/mol. The monoisotopic (exact) mass is 420 g/mol. The first-order valence-electron chi connectivity index (χ1n) is 10.6. The highest BCUT2D eigenvalue weighted by atomic mass is 28.3. The van der Waals surface area contributed by atoms with Gasteiger partial charge in [0.25, 0.3) is 0 Å². The summed E-state index contributed by atoms with van der Waals surface area (Å²) in [4.78, 5) is 14.6. The Morgan fingerprint density at radius 1 is 1.17 bits per heavy atom. The molecule has 1 aromatic carbocycles. The van der Waals surface area contributed by atoms with Gasteiger partial charge in [-0.25, -0.2) is 4.79 Å². The van der Waals surface area contributed by atoms with E-state index < -0.39 is 14.0 Å². The number of hydrogen-bond acceptors (Lipinski definition) is 4. The molecule has 5 nitrogen and oxygen atoms in total. The van der Waals surface area contributed by atoms with Crippen LogP contribution < -0.4 is 0 Å². The number of rotatable bonds is 6. The van der Waals surface area contributed by atoms with Crippen molar-refractivity contribution in [2.75, 3.05) is 19.8 Å². The number of hydrogen-bond donors (Lipinski definition) is 0. The van der Waals surface area contributed by atoms with Crippen LogP contribution >= 0.6 is 0 Å². The summed E-state index contributed by atoms with van der Waals surface area (Å²) < 4.78 is 14.1. The Morgan fingerprint density at radius 2 is 1.76 bits per heavy atom. The summed E-state index contributed by atoms with van der Waals surface area (Å²) in [5.41, 5.74) is 0.270. The zero-order valence-electron chi connectivity index (χ0n) is 19.8. The second-order valence-corrected chi connectivity index (χ2v) is 16.0. The third-order valence-corrected chi connectivity index (χ3v) is 12.2. The Morgan fingerprint density at radius 3 is 2.24 bits per heavy atom. The fourth-order valence-corrected chi connectivity index (χ4v) is 6.00. The van der Waals surface area contributed by atoms with E-state index in [9.17, 15) is 4.79 Å². The molecule has 1 heterocycles. The van der Waals surface area contributed by atoms with Gasteiger partial charge in [-0.15, -0.1) is 0 Å². The lowest BCUT2D eigenvalue weighted by atomic mass is 10.0. The van der Waals surface area contributed by atoms with Crippen LogP contribution in [0.15, 0.2) is 30.3 Å². The lowest BCUT2D eigenvalue weighted by Crippen LogP contribution is -2.56. The van der Waals surface area contributed by atoms with Crippen LogP contribution in [0.2, 0.25) is 18.1 Å². The maximum Gasteiger partial charge on any atom is 0.412 e. The molecule has 0 unspecified atom stereocenters. The second kappa shape index (κ2) is 8.40. The van der Waals surface area contributed by atoms with E-state index in [2.05, 4.69) is 62.7 Å². The molecule has 0 atom stereocenters. The number of carbonyl (C=O) groups is 1. The highest BCUT2D eigenvalue weighted by Gasteiger charge is 2.49. The van der Waals surface area contributed by atoms with Gasteiger partial charge in [0, 0.05) is 13.1 Å². The molecular weight excluding hydrogens is 380 g/mol. The van der Waals surface area contributed by atoms with Gasteiger partial charge in [-0.05, 0) is 38.3 Å². The van der Waals surface area contributed by atoms with Crippen molar-refractivity contribution in [3.05, 3.63) is 35.9 Å². The van der Waals surface area contributed by atoms with Crippen LogP contribution in [0.5, 0.6) is 0 Å². The Bertz CT molecular complexity index is 680. The Hall–Kier alpha value is -1.37. The molecule has 2 rings (SSSR count). The molecule has 0 aliphatic carbocycles. The van der Waals surface area contributed by atoms with Crippen molar-refractivity contribution in [1.82, 2.24) is 9.47 Å². The van der Waals surface area contributed by atoms with Gasteiger partial charge in [-0.2, -0.15) is 0 Å². The molecule has 0 radical (unpaired) electrons. The molecule has 1 amide bonds. The molecule has 1 aliphatic rings. The summed E-state index contributed by atoms with van der Waals surface area (Å²) in [6, 6.07) is 10.5. The van der Waals surface area contributed by atoms with Crippen LogP contribution in [0.3, 0.4) is 0 Å². The Labute approximate surface area is 178 Å². The molecule has 0 saturated carbocycles. The van der Waals surface area contributed by atoms with E-state index in [0.717, 1.165) is 13.1 Å². The third-order valence-electron chi connectivity index (χ3n) is 6.53. The molecule has 29 heavy (non-hydrogen) atoms. The number of nitrogens with zero attached hydrogens (tertiary/aromatic N) is 2. The minimum atomic E-state index is -1.77. The minimum Gasteiger partial charge on any atom is -0.448 e. The van der Waals surface area contributed by atoms with Gasteiger partial charge in [0.15, 0.2) is 0 Å². The number of amides is 1. The summed E-state index contributed by atoms with van der Waals surface area (Å²) in [7, 11) is -1.77. The topological polar surface area (TPSA) is 42.0 Å². The highest BCUT2D eigenvalue weighted by Crippen LogP contribution is 2.39. The van der Waals surface area contributed by atoms with Crippen molar-refractivity contribution in [2.45, 2.75) is 84.4 Å². The van der Waals surface area contributed by atoms with Crippen molar-refractivity contribution >= 4 is 14.3 Å². The molecule has 1 aliphatic heterocycles. The van der Waals surface area contributed by atoms with Crippen molar-refractivity contribution in [3.63, 3.8) is 0 Å². The molecule has 6 heteroatoms. The normalized spacial score (nSPS) is 18.9. The van der Waals surface area contributed by atoms with Crippen LogP contribution in [0, 0.1) is 0 Å². The zero-order chi connectivity index (χ0) is 22.1. The summed E-state index contributed by atoms with van der Waals surface area (Å²) in [6.07, 6.45) is -0.299. The van der Waals surface area contributed by atoms with Crippen LogP contribution in [-0.2, 0) is 16.0 Å². The van der Waals surface area contributed by atoms with Gasteiger partial charge < -0.3 is 14.0 Å². The van der Waals surface area contributed by atoms with E-state index in [4.69, 9.17) is 9.47 Å². The van der Waals surface area contributed by atoms with Crippen LogP contribution in [0.25, 0.3) is 0 Å². The van der Waals surface area contributed by atoms with Gasteiger partial charge in [-0.1, -0.05) is 64.2 Å². The van der Waals surface area contributed by atoms with Gasteiger partial charge in [0.1, 0.15) is 20.6 Å². The average Bonchev–Trinajstić information content (AvgIpc) is 2.81. The maximum absolute atomic E-state index is 12.9. The maximum atomic E-state index is 12.9. The van der Waals surface area contributed by atoms with Crippen LogP contribution in [0.1, 0.15) is 54.0 Å². The first-order chi connectivity index (χ1) is 13.2. The standard InChI is InChI=1S/C23H40N2O3Si/c1-21(2,3)29(8,9)24(17-19-13-11-10-12-14-19)15-16-27-20(26)25-22(4,5)18-28-23(25,6)7/h10-14H,15-18H2,1-9H3. The quantitative estimate of drug-likeness (QED) is 0.572. The van der Waals surface area contributed by atoms with Crippen LogP contribution in [0.4, 0.5) is 4.79 Å². The molecular formula is C23H40N2O3Si. The van der Waals surface area contributed by atoms with E-state index >= 15 is 0 Å². The first-order valence-corrected chi connectivity index (χ1v) is 13.5. The molecule has 164 valence electrons. The molecule has 1 fully saturated rings. The van der Waals surface area contributed by atoms with Gasteiger partial charge in [0.05, 0.1) is 12.1 Å². The summed E-state index contributed by atoms with van der Waals surface area (Å²) in [5.74, 6) is 0. The van der Waals surface area contributed by atoms with E-state index in [1.807, 2.05) is 33.8 Å². The van der Waals surface area contributed by atoms with Gasteiger partial charge in [-0.3, -0.25) is 4.90 Å². The number of carbonyl (C=O) groups excluding carboxylic acids is 1. The molecule has 0 aromatic heterocycles. The molecule has 0 bridgehead atoms. The van der Waals surface area contributed by atoms with E-state index in [1.54, 1.807) is 4.90 Å². The minimum absolute atomic E-state index is 0.207. The second-order valence-electron chi connectivity index (χ2n) is 10.7. The third kappa shape index (κ3) is 5.41. The van der Waals surface area contributed by atoms with E-state index in [1.165, 1.54) is 5.56 Å². The van der Waals surface area contributed by atoms with E-state index in [-0.39, 0.29) is 16.7 Å². The van der Waals surface area contributed by atoms with Crippen molar-refractivity contribution in [2.24, 2.45) is 0 Å². The van der Waals surface area contributed by atoms with Crippen molar-refractivity contribution in [1.29, 1.82) is 0 Å². The zero-order valence-corrected chi connectivity index (χ0v) is 20.8. The SMILES string of the molecule is CC1(C)COC(C)(C)N1C(=O)OCCN(Cc1ccccc1)[Si](C)(C)C(C)(C)C. The first kappa shape index (κ1) is 23.9. The molecule has 0 N–H and O–H groups in total. The number of benzene rings is 1. The lowest BCUT2D eigenvalue weighted by molar-refractivity contribution is -0.0521. The predicted molar refractivity (Wildman–Crippen MR) is 121 cm³/mol. The fourth-order valence-electron chi connectivity index (χ4n) is 3.82. The molecule has 1 aromatic rings. The van der Waals surface area contributed by atoms with Gasteiger partial charge >= 0.3 is 6.09 Å². The summed E-state index contributed by atoms with van der Waals surface area (Å²) in [5, 5.41) is 0.207. The number of ether oxygens (including phenoxy) is 2. The fraction of sp³-hybridized carbons (Fsp3) is 0.696. The Kier molecular flexibility index (Phi) is 6.92. The summed E-state index contributed by atoms with van der Waals surface area (Å²) >= 11 is 0. The predicted octanol–water partition coefficient (Wildman–Crippen LogP) is 5.48. The van der Waals surface area contributed by atoms with Gasteiger partial charge in [0.2, 0.25) is 0 Å². The Balaban J connectivity index is 2.09. The van der Waals surface area contributed by atoms with Crippen molar-refractivity contribution in [3.8, 4) is 0 Å². The molecule has 1 saturated heterocycles. The van der Waals surface area contributed by atoms with E-state index in [0.29, 0.717) is 13.2 Å². The van der Waals surface area contributed by atoms with Crippen LogP contribution in [-0.4, -0.2) is 54.8 Å². The lowest BCUT2D eigenvalue weighted by Gasteiger charge is -2.46. The smallest absolute Gasteiger partial charge is 0.412 e.